The lowest BCUT2D eigenvalue weighted by Crippen LogP contribution is -2.14. The molecule has 0 radical (unpaired) electrons. The summed E-state index contributed by atoms with van der Waals surface area (Å²) in [6, 6.07) is 11.8. The monoisotopic (exact) mass is 217 g/mol. The lowest BCUT2D eigenvalue weighted by molar-refractivity contribution is 0.164. The molecule has 1 heterocycles. The maximum Gasteiger partial charge on any atom is 0.214 e. The Balaban J connectivity index is 2.19. The maximum absolute atomic E-state index is 8.79. The molecule has 0 amide bonds. The first-order valence-corrected chi connectivity index (χ1v) is 5.43. The molecule has 0 fully saturated rings. The average molecular weight is 217 g/mol. The molecule has 3 heteroatoms. The summed E-state index contributed by atoms with van der Waals surface area (Å²) in [7, 11) is 0. The molecule has 3 nitrogen and oxygen atoms in total. The molecular formula is C13H15NO2. The third kappa shape index (κ3) is 2.49. The van der Waals surface area contributed by atoms with E-state index in [4.69, 9.17) is 9.84 Å². The largest absolute Gasteiger partial charge is 0.475 e. The van der Waals surface area contributed by atoms with Crippen molar-refractivity contribution in [2.24, 2.45) is 0 Å². The van der Waals surface area contributed by atoms with Crippen LogP contribution in [0.2, 0.25) is 0 Å². The number of aromatic nitrogens is 1. The van der Waals surface area contributed by atoms with Gasteiger partial charge in [0.25, 0.3) is 0 Å². The van der Waals surface area contributed by atoms with Crippen molar-refractivity contribution in [3.8, 4) is 5.88 Å². The van der Waals surface area contributed by atoms with Crippen LogP contribution in [0.4, 0.5) is 0 Å². The summed E-state index contributed by atoms with van der Waals surface area (Å²) in [5, 5.41) is 9.89. The van der Waals surface area contributed by atoms with Gasteiger partial charge in [0, 0.05) is 24.5 Å². The Bertz CT molecular complexity index is 470. The fourth-order valence-electron chi connectivity index (χ4n) is 1.56. The molecule has 0 spiro atoms. The first-order chi connectivity index (χ1) is 7.79. The molecule has 0 bridgehead atoms. The third-order valence-electron chi connectivity index (χ3n) is 2.43. The van der Waals surface area contributed by atoms with Crippen LogP contribution in [-0.2, 0) is 0 Å². The fourth-order valence-corrected chi connectivity index (χ4v) is 1.56. The van der Waals surface area contributed by atoms with Crippen molar-refractivity contribution in [3.05, 3.63) is 36.4 Å². The van der Waals surface area contributed by atoms with Crippen LogP contribution in [0.25, 0.3) is 10.9 Å². The summed E-state index contributed by atoms with van der Waals surface area (Å²) in [5.74, 6) is 0.611. The standard InChI is InChI=1S/C13H15NO2/c1-10(8-9-15)16-13-7-6-11-4-2-3-5-12(11)14-13/h2-7,10,15H,8-9H2,1H3. The van der Waals surface area contributed by atoms with E-state index in [1.165, 1.54) is 0 Å². The lowest BCUT2D eigenvalue weighted by Gasteiger charge is -2.12. The Labute approximate surface area is 94.7 Å². The van der Waals surface area contributed by atoms with E-state index in [1.54, 1.807) is 0 Å². The maximum atomic E-state index is 8.79. The van der Waals surface area contributed by atoms with Gasteiger partial charge >= 0.3 is 0 Å². The number of hydrogen-bond donors (Lipinski definition) is 1. The van der Waals surface area contributed by atoms with Crippen LogP contribution >= 0.6 is 0 Å². The number of aliphatic hydroxyl groups excluding tert-OH is 1. The molecule has 16 heavy (non-hydrogen) atoms. The first kappa shape index (κ1) is 10.9. The zero-order valence-electron chi connectivity index (χ0n) is 9.26. The number of para-hydroxylation sites is 1. The fraction of sp³-hybridized carbons (Fsp3) is 0.308. The van der Waals surface area contributed by atoms with Gasteiger partial charge in [-0.05, 0) is 19.1 Å². The van der Waals surface area contributed by atoms with Crippen molar-refractivity contribution in [1.29, 1.82) is 0 Å². The van der Waals surface area contributed by atoms with Crippen LogP contribution in [0.15, 0.2) is 36.4 Å². The summed E-state index contributed by atoms with van der Waals surface area (Å²) < 4.78 is 5.59. The van der Waals surface area contributed by atoms with Crippen molar-refractivity contribution < 1.29 is 9.84 Å². The summed E-state index contributed by atoms with van der Waals surface area (Å²) in [4.78, 5) is 4.39. The molecule has 2 rings (SSSR count). The molecule has 0 aliphatic rings. The molecule has 1 unspecified atom stereocenters. The van der Waals surface area contributed by atoms with Crippen molar-refractivity contribution in [3.63, 3.8) is 0 Å². The molecule has 84 valence electrons. The molecule has 1 atom stereocenters. The summed E-state index contributed by atoms with van der Waals surface area (Å²) in [6.45, 7) is 2.06. The highest BCUT2D eigenvalue weighted by Crippen LogP contribution is 2.17. The summed E-state index contributed by atoms with van der Waals surface area (Å²) >= 11 is 0. The predicted molar refractivity (Wildman–Crippen MR) is 63.5 cm³/mol. The van der Waals surface area contributed by atoms with Crippen LogP contribution in [0.5, 0.6) is 5.88 Å². The number of aliphatic hydroxyl groups is 1. The average Bonchev–Trinajstić information content (AvgIpc) is 2.29. The molecule has 2 aromatic rings. The first-order valence-electron chi connectivity index (χ1n) is 5.43. The van der Waals surface area contributed by atoms with Crippen molar-refractivity contribution in [2.75, 3.05) is 6.61 Å². The highest BCUT2D eigenvalue weighted by atomic mass is 16.5. The minimum absolute atomic E-state index is 0.0151. The van der Waals surface area contributed by atoms with Crippen LogP contribution in [0.3, 0.4) is 0 Å². The second-order valence-corrected chi connectivity index (χ2v) is 3.78. The Kier molecular flexibility index (Phi) is 3.37. The van der Waals surface area contributed by atoms with Gasteiger partial charge in [-0.1, -0.05) is 18.2 Å². The SMILES string of the molecule is CC(CCO)Oc1ccc2ccccc2n1. The van der Waals surface area contributed by atoms with Gasteiger partial charge in [0.1, 0.15) is 0 Å². The molecular weight excluding hydrogens is 202 g/mol. The van der Waals surface area contributed by atoms with Crippen molar-refractivity contribution in [2.45, 2.75) is 19.4 Å². The van der Waals surface area contributed by atoms with Crippen LogP contribution in [-0.4, -0.2) is 22.8 Å². The third-order valence-corrected chi connectivity index (χ3v) is 2.43. The predicted octanol–water partition coefficient (Wildman–Crippen LogP) is 2.38. The molecule has 1 N–H and O–H groups in total. The van der Waals surface area contributed by atoms with Gasteiger partial charge in [-0.2, -0.15) is 0 Å². The summed E-state index contributed by atoms with van der Waals surface area (Å²) in [5.41, 5.74) is 0.927. The lowest BCUT2D eigenvalue weighted by atomic mass is 10.2. The topological polar surface area (TPSA) is 42.4 Å². The highest BCUT2D eigenvalue weighted by molar-refractivity contribution is 5.78. The van der Waals surface area contributed by atoms with Crippen LogP contribution in [0, 0.1) is 0 Å². The van der Waals surface area contributed by atoms with E-state index in [2.05, 4.69) is 4.98 Å². The van der Waals surface area contributed by atoms with E-state index >= 15 is 0 Å². The Morgan fingerprint density at radius 3 is 2.88 bits per heavy atom. The molecule has 1 aromatic carbocycles. The van der Waals surface area contributed by atoms with Gasteiger partial charge in [-0.3, -0.25) is 0 Å². The van der Waals surface area contributed by atoms with Crippen molar-refractivity contribution in [1.82, 2.24) is 4.98 Å². The molecule has 0 saturated carbocycles. The van der Waals surface area contributed by atoms with E-state index in [9.17, 15) is 0 Å². The molecule has 0 saturated heterocycles. The zero-order valence-corrected chi connectivity index (χ0v) is 9.26. The number of pyridine rings is 1. The van der Waals surface area contributed by atoms with Crippen LogP contribution < -0.4 is 4.74 Å². The Hall–Kier alpha value is -1.61. The number of benzene rings is 1. The second-order valence-electron chi connectivity index (χ2n) is 3.78. The van der Waals surface area contributed by atoms with Gasteiger partial charge in [0.2, 0.25) is 5.88 Å². The van der Waals surface area contributed by atoms with Crippen molar-refractivity contribution >= 4 is 10.9 Å². The van der Waals surface area contributed by atoms with Gasteiger partial charge in [0.15, 0.2) is 0 Å². The normalized spacial score (nSPS) is 12.6. The second kappa shape index (κ2) is 4.94. The Morgan fingerprint density at radius 1 is 1.25 bits per heavy atom. The number of fused-ring (bicyclic) bond motifs is 1. The molecule has 0 aliphatic carbocycles. The molecule has 1 aromatic heterocycles. The number of hydrogen-bond acceptors (Lipinski definition) is 3. The van der Waals surface area contributed by atoms with Gasteiger partial charge in [-0.25, -0.2) is 4.98 Å². The van der Waals surface area contributed by atoms with Crippen LogP contribution in [0.1, 0.15) is 13.3 Å². The van der Waals surface area contributed by atoms with E-state index in [-0.39, 0.29) is 12.7 Å². The summed E-state index contributed by atoms with van der Waals surface area (Å²) in [6.07, 6.45) is 0.604. The van der Waals surface area contributed by atoms with Gasteiger partial charge < -0.3 is 9.84 Å². The molecule has 0 aliphatic heterocycles. The van der Waals surface area contributed by atoms with E-state index < -0.39 is 0 Å². The minimum atomic E-state index is -0.0151. The zero-order chi connectivity index (χ0) is 11.4. The number of rotatable bonds is 4. The number of ether oxygens (including phenoxy) is 1. The van der Waals surface area contributed by atoms with Gasteiger partial charge in [0.05, 0.1) is 11.6 Å². The quantitative estimate of drug-likeness (QED) is 0.855. The van der Waals surface area contributed by atoms with E-state index in [0.717, 1.165) is 10.9 Å². The van der Waals surface area contributed by atoms with Gasteiger partial charge in [-0.15, -0.1) is 0 Å². The number of nitrogens with zero attached hydrogens (tertiary/aromatic N) is 1. The van der Waals surface area contributed by atoms with E-state index in [1.807, 2.05) is 43.3 Å². The van der Waals surface area contributed by atoms with E-state index in [0.29, 0.717) is 12.3 Å². The Morgan fingerprint density at radius 2 is 2.06 bits per heavy atom. The highest BCUT2D eigenvalue weighted by Gasteiger charge is 2.04. The smallest absolute Gasteiger partial charge is 0.214 e. The minimum Gasteiger partial charge on any atom is -0.475 e.